The molecule has 1 aliphatic heterocycles. The van der Waals surface area contributed by atoms with Crippen LogP contribution in [0.1, 0.15) is 45.4 Å². The van der Waals surface area contributed by atoms with E-state index >= 15 is 0 Å². The molecular weight excluding hydrogens is 364 g/mol. The maximum absolute atomic E-state index is 13.7. The SMILES string of the molecule is C=C1C(=O)[C@]23CCC1CC2[C@@]12CCC[C@@](C)(COS(=O)OC1)C2C(=C)C3=O. The van der Waals surface area contributed by atoms with Crippen molar-refractivity contribution in [3.8, 4) is 0 Å². The van der Waals surface area contributed by atoms with Gasteiger partial charge in [-0.15, -0.1) is 0 Å². The molecule has 0 aromatic carbocycles. The molecular formula is C21H26O5S. The zero-order chi connectivity index (χ0) is 19.2. The fourth-order valence-corrected chi connectivity index (χ4v) is 8.24. The van der Waals surface area contributed by atoms with Crippen molar-refractivity contribution in [2.45, 2.75) is 45.4 Å². The Morgan fingerprint density at radius 1 is 1.04 bits per heavy atom. The predicted octanol–water partition coefficient (Wildman–Crippen LogP) is 3.09. The molecule has 5 saturated carbocycles. The van der Waals surface area contributed by atoms with E-state index in [0.717, 1.165) is 32.1 Å². The number of hydrogen-bond donors (Lipinski definition) is 0. The summed E-state index contributed by atoms with van der Waals surface area (Å²) in [6, 6.07) is 0. The normalized spacial score (nSPS) is 52.0. The summed E-state index contributed by atoms with van der Waals surface area (Å²) in [4.78, 5) is 27.0. The fraction of sp³-hybridized carbons (Fsp3) is 0.714. The van der Waals surface area contributed by atoms with Crippen LogP contribution in [0.25, 0.3) is 0 Å². The number of carbonyl (C=O) groups excluding carboxylic acids is 2. The van der Waals surface area contributed by atoms with Crippen LogP contribution in [0.3, 0.4) is 0 Å². The Balaban J connectivity index is 1.74. The van der Waals surface area contributed by atoms with Crippen LogP contribution < -0.4 is 0 Å². The maximum Gasteiger partial charge on any atom is 0.304 e. The molecule has 0 amide bonds. The first-order chi connectivity index (χ1) is 12.8. The number of carbonyl (C=O) groups is 2. The highest BCUT2D eigenvalue weighted by Crippen LogP contribution is 2.71. The van der Waals surface area contributed by atoms with E-state index in [1.165, 1.54) is 0 Å². The largest absolute Gasteiger partial charge is 0.304 e. The summed E-state index contributed by atoms with van der Waals surface area (Å²) in [6.45, 7) is 10.9. The zero-order valence-electron chi connectivity index (χ0n) is 15.8. The lowest BCUT2D eigenvalue weighted by atomic mass is 9.35. The van der Waals surface area contributed by atoms with Crippen molar-refractivity contribution < 1.29 is 22.2 Å². The molecule has 6 rings (SSSR count). The van der Waals surface area contributed by atoms with Crippen molar-refractivity contribution >= 4 is 22.9 Å². The molecule has 0 radical (unpaired) electrons. The first-order valence-corrected chi connectivity index (χ1v) is 10.9. The molecule has 0 N–H and O–H groups in total. The third-order valence-electron chi connectivity index (χ3n) is 8.50. The molecule has 27 heavy (non-hydrogen) atoms. The minimum Gasteiger partial charge on any atom is -0.293 e. The first kappa shape index (κ1) is 18.0. The lowest BCUT2D eigenvalue weighted by molar-refractivity contribution is -0.188. The smallest absolute Gasteiger partial charge is 0.293 e. The van der Waals surface area contributed by atoms with Crippen molar-refractivity contribution in [3.05, 3.63) is 24.3 Å². The van der Waals surface area contributed by atoms with Gasteiger partial charge in [-0.05, 0) is 60.5 Å². The second-order valence-corrected chi connectivity index (χ2v) is 10.5. The zero-order valence-corrected chi connectivity index (χ0v) is 16.6. The van der Waals surface area contributed by atoms with Crippen molar-refractivity contribution in [1.82, 2.24) is 0 Å². The summed E-state index contributed by atoms with van der Waals surface area (Å²) in [5.74, 6) is -0.175. The molecule has 1 heterocycles. The highest BCUT2D eigenvalue weighted by atomic mass is 32.2. The number of hydrogen-bond acceptors (Lipinski definition) is 5. The van der Waals surface area contributed by atoms with Crippen LogP contribution in [-0.4, -0.2) is 29.0 Å². The molecule has 1 saturated heterocycles. The number of fused-ring (bicyclic) bond motifs is 2. The fourth-order valence-electron chi connectivity index (χ4n) is 7.49. The predicted molar refractivity (Wildman–Crippen MR) is 99.5 cm³/mol. The number of rotatable bonds is 0. The molecule has 0 aromatic heterocycles. The topological polar surface area (TPSA) is 69.7 Å². The standard InChI is InChI=1S/C21H26O5S/c1-12-14-5-8-21(17(12)22)15(9-14)20-7-4-6-19(3,10-25-27(24)26-11-20)16(20)13(2)18(21)23/h14-16H,1-2,4-11H2,3H3/t14?,15?,16?,19-,20+,21-,27?/m0/s1. The molecule has 6 fully saturated rings. The van der Waals surface area contributed by atoms with Crippen LogP contribution >= 0.6 is 0 Å². The van der Waals surface area contributed by atoms with Gasteiger partial charge >= 0.3 is 11.4 Å². The molecule has 1 spiro atoms. The highest BCUT2D eigenvalue weighted by molar-refractivity contribution is 7.75. The summed E-state index contributed by atoms with van der Waals surface area (Å²) in [5.41, 5.74) is -0.557. The quantitative estimate of drug-likeness (QED) is 0.470. The van der Waals surface area contributed by atoms with E-state index in [9.17, 15) is 13.8 Å². The lowest BCUT2D eigenvalue weighted by Crippen LogP contribution is -2.70. The Kier molecular flexibility index (Phi) is 3.65. The van der Waals surface area contributed by atoms with Crippen molar-refractivity contribution in [1.29, 1.82) is 0 Å². The van der Waals surface area contributed by atoms with Gasteiger partial charge in [-0.1, -0.05) is 26.5 Å². The van der Waals surface area contributed by atoms with Gasteiger partial charge in [0, 0.05) is 11.3 Å². The van der Waals surface area contributed by atoms with Gasteiger partial charge in [-0.25, -0.2) is 0 Å². The van der Waals surface area contributed by atoms with Crippen molar-refractivity contribution in [3.63, 3.8) is 0 Å². The average Bonchev–Trinajstić information content (AvgIpc) is 2.66. The average molecular weight is 391 g/mol. The van der Waals surface area contributed by atoms with Crippen LogP contribution in [0, 0.1) is 34.0 Å². The number of allylic oxidation sites excluding steroid dienone is 2. The molecule has 5 nitrogen and oxygen atoms in total. The minimum atomic E-state index is -1.79. The van der Waals surface area contributed by atoms with E-state index in [1.54, 1.807) is 0 Å². The number of ketones is 2. The minimum absolute atomic E-state index is 0.0688. The van der Waals surface area contributed by atoms with Crippen LogP contribution in [0.4, 0.5) is 0 Å². The summed E-state index contributed by atoms with van der Waals surface area (Å²) in [5, 5.41) is 0. The van der Waals surface area contributed by atoms with Gasteiger partial charge in [0.25, 0.3) is 0 Å². The third-order valence-corrected chi connectivity index (χ3v) is 9.12. The summed E-state index contributed by atoms with van der Waals surface area (Å²) < 4.78 is 23.2. The third kappa shape index (κ3) is 1.99. The van der Waals surface area contributed by atoms with Crippen LogP contribution in [0.5, 0.6) is 0 Å². The van der Waals surface area contributed by atoms with E-state index in [-0.39, 0.29) is 53.4 Å². The summed E-state index contributed by atoms with van der Waals surface area (Å²) >= 11 is -1.79. The van der Waals surface area contributed by atoms with Gasteiger partial charge in [0.15, 0.2) is 11.6 Å². The molecule has 4 unspecified atom stereocenters. The Hall–Kier alpha value is -1.11. The summed E-state index contributed by atoms with van der Waals surface area (Å²) in [7, 11) is 0. The van der Waals surface area contributed by atoms with Gasteiger partial charge in [0.1, 0.15) is 0 Å². The summed E-state index contributed by atoms with van der Waals surface area (Å²) in [6.07, 6.45) is 4.98. The van der Waals surface area contributed by atoms with E-state index < -0.39 is 16.8 Å². The van der Waals surface area contributed by atoms with Crippen LogP contribution in [-0.2, 0) is 29.3 Å². The van der Waals surface area contributed by atoms with Gasteiger partial charge in [0.05, 0.1) is 18.6 Å². The first-order valence-electron chi connectivity index (χ1n) is 9.92. The molecule has 146 valence electrons. The second-order valence-electron chi connectivity index (χ2n) is 9.61. The highest BCUT2D eigenvalue weighted by Gasteiger charge is 2.73. The molecule has 7 atom stereocenters. The monoisotopic (exact) mass is 390 g/mol. The van der Waals surface area contributed by atoms with Crippen molar-refractivity contribution in [2.24, 2.45) is 34.0 Å². The lowest BCUT2D eigenvalue weighted by Gasteiger charge is -2.67. The van der Waals surface area contributed by atoms with Gasteiger partial charge < -0.3 is 0 Å². The Morgan fingerprint density at radius 2 is 1.74 bits per heavy atom. The van der Waals surface area contributed by atoms with Gasteiger partial charge in [-0.3, -0.25) is 18.0 Å². The van der Waals surface area contributed by atoms with Gasteiger partial charge in [0.2, 0.25) is 0 Å². The molecule has 4 bridgehead atoms. The number of Topliss-reactive ketones (excluding diaryl/α,β-unsaturated/α-hetero) is 2. The Bertz CT molecular complexity index is 817. The Morgan fingerprint density at radius 3 is 2.52 bits per heavy atom. The molecule has 5 aliphatic carbocycles. The second kappa shape index (κ2) is 5.49. The van der Waals surface area contributed by atoms with Crippen molar-refractivity contribution in [2.75, 3.05) is 13.2 Å². The van der Waals surface area contributed by atoms with Gasteiger partial charge in [-0.2, -0.15) is 4.21 Å². The van der Waals surface area contributed by atoms with E-state index in [1.807, 2.05) is 0 Å². The van der Waals surface area contributed by atoms with E-state index in [2.05, 4.69) is 20.1 Å². The molecule has 0 aromatic rings. The maximum atomic E-state index is 13.7. The van der Waals surface area contributed by atoms with Crippen LogP contribution in [0.2, 0.25) is 0 Å². The van der Waals surface area contributed by atoms with E-state index in [0.29, 0.717) is 17.6 Å². The molecule has 6 aliphatic rings. The molecule has 6 heteroatoms. The van der Waals surface area contributed by atoms with Crippen LogP contribution in [0.15, 0.2) is 24.3 Å². The Labute approximate surface area is 162 Å². The van der Waals surface area contributed by atoms with E-state index in [4.69, 9.17) is 8.37 Å².